The van der Waals surface area contributed by atoms with Crippen LogP contribution >= 0.6 is 0 Å². The number of imidazole rings is 1. The average molecular weight is 753 g/mol. The van der Waals surface area contributed by atoms with Gasteiger partial charge in [0.25, 0.3) is 0 Å². The number of hydrogen-bond acceptors (Lipinski definition) is 12. The average Bonchev–Trinajstić information content (AvgIpc) is 3.83. The second kappa shape index (κ2) is 22.3. The summed E-state index contributed by atoms with van der Waals surface area (Å²) in [6.45, 7) is 1.33. The van der Waals surface area contributed by atoms with Gasteiger partial charge in [-0.3, -0.25) is 43.2 Å². The summed E-state index contributed by atoms with van der Waals surface area (Å²) in [4.78, 5) is 119. The molecule has 2 rings (SSSR count). The van der Waals surface area contributed by atoms with Gasteiger partial charge in [0.1, 0.15) is 30.2 Å². The van der Waals surface area contributed by atoms with Crippen LogP contribution in [0.3, 0.4) is 0 Å². The number of aliphatic carboxylic acids is 3. The zero-order valence-electron chi connectivity index (χ0n) is 29.1. The summed E-state index contributed by atoms with van der Waals surface area (Å²) in [7, 11) is 0. The summed E-state index contributed by atoms with van der Waals surface area (Å²) in [6, 6.07) is -7.68. The predicted molar refractivity (Wildman–Crippen MR) is 181 cm³/mol. The largest absolute Gasteiger partial charge is 0.481 e. The zero-order chi connectivity index (χ0) is 39.5. The molecule has 1 aliphatic rings. The summed E-state index contributed by atoms with van der Waals surface area (Å²) >= 11 is 0. The number of nitrogens with zero attached hydrogens (tertiary/aromatic N) is 1. The van der Waals surface area contributed by atoms with Crippen LogP contribution in [-0.2, 0) is 49.6 Å². The smallest absolute Gasteiger partial charge is 0.325 e. The SMILES string of the molecule is C[C@H](NC(=O)[C@H](Cc1cnc[nH]1)NC(=O)CNC(=O)[C@H](CC(=O)O)NC(=O)[C@H](CCC(=O)O)NC(=O)[C@H](CCCCN)NC(=O)[C@@H]1CCCN1)C(=O)O. The topological polar surface area (TPSA) is 353 Å². The molecular formula is C31H48N10O12. The third-order valence-electron chi connectivity index (χ3n) is 8.03. The number of carbonyl (C=O) groups is 9. The maximum atomic E-state index is 13.4. The predicted octanol–water partition coefficient (Wildman–Crippen LogP) is -4.18. The molecule has 1 saturated heterocycles. The number of carboxylic acid groups (broad SMARTS) is 3. The highest BCUT2D eigenvalue weighted by Crippen LogP contribution is 2.09. The van der Waals surface area contributed by atoms with E-state index in [4.69, 9.17) is 10.8 Å². The molecular weight excluding hydrogens is 704 g/mol. The molecule has 1 aromatic heterocycles. The molecule has 0 spiro atoms. The summed E-state index contributed by atoms with van der Waals surface area (Å²) < 4.78 is 0. The number of hydrogen-bond donors (Lipinski definition) is 12. The van der Waals surface area contributed by atoms with E-state index in [0.717, 1.165) is 6.42 Å². The summed E-state index contributed by atoms with van der Waals surface area (Å²) in [5, 5.41) is 44.8. The van der Waals surface area contributed by atoms with Crippen molar-refractivity contribution in [3.63, 3.8) is 0 Å². The van der Waals surface area contributed by atoms with Crippen molar-refractivity contribution in [2.24, 2.45) is 5.73 Å². The normalized spacial score (nSPS) is 16.5. The molecule has 0 radical (unpaired) electrons. The first-order valence-electron chi connectivity index (χ1n) is 17.0. The van der Waals surface area contributed by atoms with Crippen LogP contribution in [0.15, 0.2) is 12.5 Å². The van der Waals surface area contributed by atoms with Gasteiger partial charge in [-0.05, 0) is 58.5 Å². The molecule has 1 aliphatic heterocycles. The van der Waals surface area contributed by atoms with E-state index >= 15 is 0 Å². The van der Waals surface area contributed by atoms with Gasteiger partial charge in [-0.1, -0.05) is 0 Å². The number of nitrogens with two attached hydrogens (primary N) is 1. The van der Waals surface area contributed by atoms with Gasteiger partial charge < -0.3 is 63.3 Å². The lowest BCUT2D eigenvalue weighted by atomic mass is 10.0. The van der Waals surface area contributed by atoms with E-state index in [1.807, 2.05) is 0 Å². The Morgan fingerprint density at radius 1 is 0.830 bits per heavy atom. The maximum absolute atomic E-state index is 13.4. The molecule has 6 atom stereocenters. The molecule has 0 aromatic carbocycles. The molecule has 1 fully saturated rings. The Labute approximate surface area is 303 Å². The number of H-pyrrole nitrogens is 1. The fourth-order valence-electron chi connectivity index (χ4n) is 5.14. The van der Waals surface area contributed by atoms with Crippen LogP contribution < -0.4 is 43.0 Å². The second-order valence-electron chi connectivity index (χ2n) is 12.3. The van der Waals surface area contributed by atoms with Crippen LogP contribution in [0.5, 0.6) is 0 Å². The highest BCUT2D eigenvalue weighted by Gasteiger charge is 2.33. The van der Waals surface area contributed by atoms with E-state index in [2.05, 4.69) is 47.2 Å². The lowest BCUT2D eigenvalue weighted by Gasteiger charge is -2.25. The minimum absolute atomic E-state index is 0.143. The first-order valence-corrected chi connectivity index (χ1v) is 17.0. The molecule has 22 heteroatoms. The van der Waals surface area contributed by atoms with Crippen LogP contribution in [-0.4, -0.2) is 135 Å². The summed E-state index contributed by atoms with van der Waals surface area (Å²) in [5.41, 5.74) is 5.97. The molecule has 6 amide bonds. The van der Waals surface area contributed by atoms with Gasteiger partial charge in [0, 0.05) is 24.7 Å². The van der Waals surface area contributed by atoms with Gasteiger partial charge in [0.15, 0.2) is 0 Å². The molecule has 0 aliphatic carbocycles. The van der Waals surface area contributed by atoms with E-state index in [-0.39, 0.29) is 12.8 Å². The van der Waals surface area contributed by atoms with E-state index in [9.17, 15) is 53.4 Å². The van der Waals surface area contributed by atoms with Gasteiger partial charge in [-0.2, -0.15) is 0 Å². The van der Waals surface area contributed by atoms with Crippen molar-refractivity contribution in [1.29, 1.82) is 0 Å². The first-order chi connectivity index (χ1) is 25.1. The fourth-order valence-corrected chi connectivity index (χ4v) is 5.14. The Balaban J connectivity index is 2.14. The van der Waals surface area contributed by atoms with Gasteiger partial charge in [0.2, 0.25) is 35.4 Å². The Morgan fingerprint density at radius 3 is 2.06 bits per heavy atom. The minimum atomic E-state index is -1.81. The van der Waals surface area contributed by atoms with Crippen molar-refractivity contribution in [3.05, 3.63) is 18.2 Å². The molecule has 53 heavy (non-hydrogen) atoms. The maximum Gasteiger partial charge on any atom is 0.325 e. The summed E-state index contributed by atoms with van der Waals surface area (Å²) in [5.74, 6) is -9.51. The van der Waals surface area contributed by atoms with Gasteiger partial charge in [-0.15, -0.1) is 0 Å². The Bertz CT molecular complexity index is 1450. The van der Waals surface area contributed by atoms with Crippen LogP contribution in [0.4, 0.5) is 0 Å². The van der Waals surface area contributed by atoms with Gasteiger partial charge in [-0.25, -0.2) is 4.98 Å². The Morgan fingerprint density at radius 2 is 1.49 bits per heavy atom. The van der Waals surface area contributed by atoms with Crippen molar-refractivity contribution in [2.45, 2.75) is 101 Å². The molecule has 2 heterocycles. The molecule has 0 saturated carbocycles. The monoisotopic (exact) mass is 752 g/mol. The standard InChI is InChI=1S/C31H48N10O12/c1-16(31(52)53)37-30(51)21(11-17-13-33-15-36-17)38-23(42)14-35-26(47)22(12-25(45)46)41-29(50)20(7-8-24(43)44)40-28(49)19(5-2-3-9-32)39-27(48)18-6-4-10-34-18/h13,15-16,18-22,34H,2-12,14,32H2,1H3,(H,33,36)(H,35,47)(H,37,51)(H,38,42)(H,39,48)(H,40,49)(H,41,50)(H,43,44)(H,45,46)(H,52,53)/t16-,18-,19-,20-,21-,22-/m0/s1. The van der Waals surface area contributed by atoms with E-state index < -0.39 is 115 Å². The molecule has 13 N–H and O–H groups in total. The van der Waals surface area contributed by atoms with Crippen LogP contribution in [0.25, 0.3) is 0 Å². The third-order valence-corrected chi connectivity index (χ3v) is 8.03. The number of rotatable bonds is 24. The Kier molecular flexibility index (Phi) is 18.3. The lowest BCUT2D eigenvalue weighted by Crippen LogP contribution is -2.58. The first kappa shape index (κ1) is 43.5. The number of aromatic nitrogens is 2. The van der Waals surface area contributed by atoms with Crippen molar-refractivity contribution < 1.29 is 58.5 Å². The van der Waals surface area contributed by atoms with Crippen molar-refractivity contribution in [3.8, 4) is 0 Å². The zero-order valence-corrected chi connectivity index (χ0v) is 29.1. The van der Waals surface area contributed by atoms with Crippen LogP contribution in [0, 0.1) is 0 Å². The van der Waals surface area contributed by atoms with Crippen molar-refractivity contribution in [2.75, 3.05) is 19.6 Å². The number of amides is 6. The summed E-state index contributed by atoms with van der Waals surface area (Å²) in [6.07, 6.45) is 2.89. The van der Waals surface area contributed by atoms with Crippen LogP contribution in [0.2, 0.25) is 0 Å². The number of nitrogens with one attached hydrogen (secondary N) is 8. The van der Waals surface area contributed by atoms with E-state index in [1.54, 1.807) is 0 Å². The van der Waals surface area contributed by atoms with Crippen LogP contribution in [0.1, 0.15) is 64.0 Å². The minimum Gasteiger partial charge on any atom is -0.481 e. The quantitative estimate of drug-likeness (QED) is 0.0446. The lowest BCUT2D eigenvalue weighted by molar-refractivity contribution is -0.141. The number of carboxylic acids is 3. The highest BCUT2D eigenvalue weighted by molar-refractivity contribution is 5.97. The third kappa shape index (κ3) is 16.1. The molecule has 1 aromatic rings. The number of unbranched alkanes of at least 4 members (excludes halogenated alkanes) is 1. The highest BCUT2D eigenvalue weighted by atomic mass is 16.4. The molecule has 0 bridgehead atoms. The molecule has 294 valence electrons. The molecule has 22 nitrogen and oxygen atoms in total. The second-order valence-corrected chi connectivity index (χ2v) is 12.3. The fraction of sp³-hybridized carbons (Fsp3) is 0.613. The Hall–Kier alpha value is -5.64. The van der Waals surface area contributed by atoms with E-state index in [0.29, 0.717) is 38.0 Å². The number of carbonyl (C=O) groups excluding carboxylic acids is 6. The van der Waals surface area contributed by atoms with E-state index in [1.165, 1.54) is 19.4 Å². The van der Waals surface area contributed by atoms with Gasteiger partial charge in [0.05, 0.1) is 25.3 Å². The molecule has 0 unspecified atom stereocenters. The van der Waals surface area contributed by atoms with Gasteiger partial charge >= 0.3 is 17.9 Å². The number of aromatic amines is 1. The van der Waals surface area contributed by atoms with Crippen molar-refractivity contribution >= 4 is 53.4 Å². The van der Waals surface area contributed by atoms with Crippen molar-refractivity contribution in [1.82, 2.24) is 47.2 Å².